The number of para-hydroxylation sites is 1. The van der Waals surface area contributed by atoms with Gasteiger partial charge < -0.3 is 9.50 Å². The molecule has 0 saturated carbocycles. The maximum absolute atomic E-state index is 13.3. The fourth-order valence-corrected chi connectivity index (χ4v) is 1.71. The summed E-state index contributed by atoms with van der Waals surface area (Å²) >= 11 is 2.90. The molecule has 0 bridgehead atoms. The van der Waals surface area contributed by atoms with Crippen molar-refractivity contribution in [1.82, 2.24) is 5.32 Å². The van der Waals surface area contributed by atoms with Gasteiger partial charge in [-0.3, -0.25) is 4.79 Å². The normalized spacial score (nSPS) is 11.1. The number of halogens is 3. The van der Waals surface area contributed by atoms with Gasteiger partial charge in [-0.2, -0.15) is 8.42 Å². The van der Waals surface area contributed by atoms with Gasteiger partial charge in [0.25, 0.3) is 0 Å². The van der Waals surface area contributed by atoms with E-state index in [0.29, 0.717) is 0 Å². The molecule has 0 aliphatic heterocycles. The molecule has 0 saturated heterocycles. The van der Waals surface area contributed by atoms with E-state index in [4.69, 9.17) is 0 Å². The molecule has 9 heteroatoms. The van der Waals surface area contributed by atoms with Gasteiger partial charge in [0, 0.05) is 12.1 Å². The van der Waals surface area contributed by atoms with E-state index in [9.17, 15) is 21.5 Å². The van der Waals surface area contributed by atoms with Crippen molar-refractivity contribution in [3.8, 4) is 5.75 Å². The van der Waals surface area contributed by atoms with Crippen LogP contribution in [0.5, 0.6) is 5.75 Å². The maximum atomic E-state index is 13.3. The van der Waals surface area contributed by atoms with Crippen LogP contribution in [0.2, 0.25) is 0 Å². The molecule has 0 heterocycles. The molecule has 0 aromatic heterocycles. The number of amides is 1. The van der Waals surface area contributed by atoms with E-state index in [1.807, 2.05) is 0 Å². The minimum atomic E-state index is -5.33. The van der Waals surface area contributed by atoms with E-state index in [1.165, 1.54) is 12.1 Å². The van der Waals surface area contributed by atoms with Gasteiger partial charge in [-0.1, -0.05) is 31.9 Å². The number of benzene rings is 1. The third-order valence-corrected chi connectivity index (χ3v) is 2.70. The molecule has 0 aliphatic rings. The summed E-state index contributed by atoms with van der Waals surface area (Å²) in [6.45, 7) is -0.187. The Labute approximate surface area is 111 Å². The molecule has 0 aliphatic carbocycles. The summed E-state index contributed by atoms with van der Waals surface area (Å²) < 4.78 is 50.3. The Balaban J connectivity index is 2.97. The summed E-state index contributed by atoms with van der Waals surface area (Å²) in [7, 11) is -5.33. The first kappa shape index (κ1) is 14.8. The Morgan fingerprint density at radius 3 is 2.67 bits per heavy atom. The summed E-state index contributed by atoms with van der Waals surface area (Å²) in [5.74, 6) is -2.20. The largest absolute Gasteiger partial charge is 0.488 e. The van der Waals surface area contributed by atoms with E-state index < -0.39 is 28.0 Å². The van der Waals surface area contributed by atoms with Gasteiger partial charge >= 0.3 is 10.5 Å². The number of carbonyl (C=O) groups excluding carboxylic acids is 1. The molecular formula is C9H8BrF2NO4S. The van der Waals surface area contributed by atoms with Crippen molar-refractivity contribution in [1.29, 1.82) is 0 Å². The Morgan fingerprint density at radius 2 is 2.11 bits per heavy atom. The summed E-state index contributed by atoms with van der Waals surface area (Å²) in [6, 6.07) is 3.50. The van der Waals surface area contributed by atoms with Crippen LogP contribution in [-0.4, -0.2) is 19.7 Å². The molecule has 1 aromatic carbocycles. The summed E-state index contributed by atoms with van der Waals surface area (Å²) in [4.78, 5) is 11.0. The number of hydrogen-bond acceptors (Lipinski definition) is 4. The molecular weight excluding hydrogens is 336 g/mol. The lowest BCUT2D eigenvalue weighted by molar-refractivity contribution is -0.118. The second kappa shape index (κ2) is 6.10. The highest BCUT2D eigenvalue weighted by atomic mass is 79.9. The molecule has 0 fully saturated rings. The molecule has 0 spiro atoms. The predicted octanol–water partition coefficient (Wildman–Crippen LogP) is 1.43. The van der Waals surface area contributed by atoms with Crippen LogP contribution in [0.1, 0.15) is 5.56 Å². The summed E-state index contributed by atoms with van der Waals surface area (Å²) in [5, 5.41) is 2.38. The van der Waals surface area contributed by atoms with Gasteiger partial charge in [-0.05, 0) is 6.07 Å². The number of nitrogens with one attached hydrogen (secondary N) is 1. The molecule has 1 rings (SSSR count). The molecule has 100 valence electrons. The lowest BCUT2D eigenvalue weighted by Crippen LogP contribution is -2.24. The highest BCUT2D eigenvalue weighted by Crippen LogP contribution is 2.24. The monoisotopic (exact) mass is 343 g/mol. The van der Waals surface area contributed by atoms with Crippen LogP contribution in [0.25, 0.3) is 0 Å². The smallest absolute Gasteiger partial charge is 0.355 e. The van der Waals surface area contributed by atoms with Gasteiger partial charge in [0.15, 0.2) is 11.6 Å². The second-order valence-electron chi connectivity index (χ2n) is 3.11. The van der Waals surface area contributed by atoms with E-state index in [1.54, 1.807) is 0 Å². The Morgan fingerprint density at radius 1 is 1.44 bits per heavy atom. The highest BCUT2D eigenvalue weighted by molar-refractivity contribution is 9.09. The lowest BCUT2D eigenvalue weighted by Gasteiger charge is -2.09. The molecule has 0 radical (unpaired) electrons. The number of alkyl halides is 1. The standard InChI is InChI=1S/C9H8BrF2NO4S/c10-4-8(14)13-5-6-2-1-3-7(11)9(6)17-18(12,15)16/h1-3H,4-5H2,(H,13,14). The van der Waals surface area contributed by atoms with E-state index >= 15 is 0 Å². The molecule has 0 unspecified atom stereocenters. The molecule has 18 heavy (non-hydrogen) atoms. The number of carbonyl (C=O) groups is 1. The van der Waals surface area contributed by atoms with Crippen LogP contribution in [0.15, 0.2) is 18.2 Å². The van der Waals surface area contributed by atoms with E-state index in [0.717, 1.165) is 6.07 Å². The van der Waals surface area contributed by atoms with Crippen molar-refractivity contribution in [3.05, 3.63) is 29.6 Å². The minimum Gasteiger partial charge on any atom is -0.355 e. The second-order valence-corrected chi connectivity index (χ2v) is 4.63. The fraction of sp³-hybridized carbons (Fsp3) is 0.222. The SMILES string of the molecule is O=C(CBr)NCc1cccc(F)c1OS(=O)(=O)F. The predicted molar refractivity (Wildman–Crippen MR) is 62.7 cm³/mol. The number of rotatable bonds is 5. The Hall–Kier alpha value is -1.22. The summed E-state index contributed by atoms with van der Waals surface area (Å²) in [5.41, 5.74) is 0.00512. The van der Waals surface area contributed by atoms with Crippen molar-refractivity contribution < 1.29 is 25.7 Å². The van der Waals surface area contributed by atoms with E-state index in [2.05, 4.69) is 25.4 Å². The quantitative estimate of drug-likeness (QED) is 0.648. The number of hydrogen-bond donors (Lipinski definition) is 1. The molecule has 5 nitrogen and oxygen atoms in total. The third-order valence-electron chi connectivity index (χ3n) is 1.83. The first-order valence-electron chi connectivity index (χ1n) is 4.57. The zero-order valence-corrected chi connectivity index (χ0v) is 11.2. The van der Waals surface area contributed by atoms with Crippen molar-refractivity contribution in [2.24, 2.45) is 0 Å². The summed E-state index contributed by atoms with van der Waals surface area (Å²) in [6.07, 6.45) is 0. The van der Waals surface area contributed by atoms with Crippen LogP contribution < -0.4 is 9.50 Å². The van der Waals surface area contributed by atoms with Gasteiger partial charge in [0.1, 0.15) is 0 Å². The molecule has 1 N–H and O–H groups in total. The minimum absolute atomic E-state index is 0.00512. The zero-order chi connectivity index (χ0) is 13.8. The fourth-order valence-electron chi connectivity index (χ4n) is 1.13. The Kier molecular flexibility index (Phi) is 5.03. The van der Waals surface area contributed by atoms with Crippen molar-refractivity contribution in [2.45, 2.75) is 6.54 Å². The van der Waals surface area contributed by atoms with Crippen LogP contribution in [0, 0.1) is 5.82 Å². The topological polar surface area (TPSA) is 72.5 Å². The van der Waals surface area contributed by atoms with E-state index in [-0.39, 0.29) is 17.4 Å². The van der Waals surface area contributed by atoms with Crippen LogP contribution in [0.3, 0.4) is 0 Å². The highest BCUT2D eigenvalue weighted by Gasteiger charge is 2.18. The van der Waals surface area contributed by atoms with Crippen molar-refractivity contribution in [3.63, 3.8) is 0 Å². The maximum Gasteiger partial charge on any atom is 0.488 e. The van der Waals surface area contributed by atoms with Crippen molar-refractivity contribution >= 4 is 32.3 Å². The first-order chi connectivity index (χ1) is 8.33. The third kappa shape index (κ3) is 4.57. The lowest BCUT2D eigenvalue weighted by atomic mass is 10.2. The average Bonchev–Trinajstić information content (AvgIpc) is 2.28. The van der Waals surface area contributed by atoms with Crippen LogP contribution >= 0.6 is 15.9 Å². The van der Waals surface area contributed by atoms with Gasteiger partial charge in [-0.25, -0.2) is 4.39 Å². The van der Waals surface area contributed by atoms with Crippen LogP contribution in [0.4, 0.5) is 8.28 Å². The van der Waals surface area contributed by atoms with Gasteiger partial charge in [-0.15, -0.1) is 0 Å². The molecule has 1 aromatic rings. The molecule has 1 amide bonds. The molecule has 0 atom stereocenters. The average molecular weight is 344 g/mol. The Bertz CT molecular complexity index is 549. The van der Waals surface area contributed by atoms with Crippen molar-refractivity contribution in [2.75, 3.05) is 5.33 Å². The van der Waals surface area contributed by atoms with Gasteiger partial charge in [0.2, 0.25) is 5.91 Å². The first-order valence-corrected chi connectivity index (χ1v) is 7.00. The van der Waals surface area contributed by atoms with Crippen LogP contribution in [-0.2, 0) is 21.8 Å². The van der Waals surface area contributed by atoms with Gasteiger partial charge in [0.05, 0.1) is 5.33 Å². The zero-order valence-electron chi connectivity index (χ0n) is 8.82.